The van der Waals surface area contributed by atoms with Crippen LogP contribution in [-0.4, -0.2) is 5.11 Å². The molecular weight excluding hydrogens is 114 g/mol. The van der Waals surface area contributed by atoms with E-state index in [1.165, 1.54) is 25.7 Å². The first-order valence-electron chi connectivity index (χ1n) is 3.10. The first-order chi connectivity index (χ1) is 4.41. The number of rotatable bonds is 0. The smallest absolute Gasteiger partial charge is 0.283 e. The minimum atomic E-state index is 0.750. The third-order valence-electron chi connectivity index (χ3n) is 1.16. The number of hydrogen-bond acceptors (Lipinski definition) is 2. The molecule has 0 spiro atoms. The van der Waals surface area contributed by atoms with E-state index in [4.69, 9.17) is 10.4 Å². The van der Waals surface area contributed by atoms with Crippen LogP contribution in [0.1, 0.15) is 25.7 Å². The second kappa shape index (κ2) is 7.03. The van der Waals surface area contributed by atoms with Gasteiger partial charge in [-0.05, 0) is 25.7 Å². The summed E-state index contributed by atoms with van der Waals surface area (Å²) < 4.78 is 0. The fourth-order valence-electron chi connectivity index (χ4n) is 0.760. The summed E-state index contributed by atoms with van der Waals surface area (Å²) in [4.78, 5) is 0. The normalized spacial score (nSPS) is 15.0. The van der Waals surface area contributed by atoms with Gasteiger partial charge in [0, 0.05) is 0 Å². The lowest BCUT2D eigenvalue weighted by Crippen LogP contribution is -1.77. The van der Waals surface area contributed by atoms with E-state index in [1.54, 1.807) is 0 Å². The third kappa shape index (κ3) is 7.03. The quantitative estimate of drug-likeness (QED) is 0.397. The van der Waals surface area contributed by atoms with Crippen LogP contribution in [0.3, 0.4) is 0 Å². The Hall–Kier alpha value is -0.970. The van der Waals surface area contributed by atoms with Crippen LogP contribution in [0.15, 0.2) is 12.2 Å². The van der Waals surface area contributed by atoms with Crippen molar-refractivity contribution in [1.29, 1.82) is 5.26 Å². The zero-order valence-corrected chi connectivity index (χ0v) is 5.38. The van der Waals surface area contributed by atoms with Crippen molar-refractivity contribution in [2.24, 2.45) is 0 Å². The maximum Gasteiger partial charge on any atom is 0.283 e. The molecule has 0 aliphatic heterocycles. The molecule has 1 N–H and O–H groups in total. The monoisotopic (exact) mass is 125 g/mol. The van der Waals surface area contributed by atoms with Gasteiger partial charge in [0.15, 0.2) is 0 Å². The Morgan fingerprint density at radius 2 is 1.56 bits per heavy atom. The maximum absolute atomic E-state index is 6.88. The molecule has 0 amide bonds. The lowest BCUT2D eigenvalue weighted by molar-refractivity contribution is 0.503. The summed E-state index contributed by atoms with van der Waals surface area (Å²) in [6.07, 6.45) is 10.8. The van der Waals surface area contributed by atoms with Gasteiger partial charge in [-0.1, -0.05) is 12.2 Å². The number of aliphatic hydroxyl groups is 1. The highest BCUT2D eigenvalue weighted by molar-refractivity contribution is 4.85. The lowest BCUT2D eigenvalue weighted by atomic mass is 10.1. The fourth-order valence-corrected chi connectivity index (χ4v) is 0.760. The Morgan fingerprint density at radius 3 is 1.67 bits per heavy atom. The Labute approximate surface area is 55.4 Å². The SMILES string of the molecule is C1=CCCCC1.N#CO. The first kappa shape index (κ1) is 8.03. The summed E-state index contributed by atoms with van der Waals surface area (Å²) in [5.41, 5.74) is 0. The second-order valence-electron chi connectivity index (χ2n) is 1.86. The van der Waals surface area contributed by atoms with Crippen LogP contribution in [0.5, 0.6) is 0 Å². The standard InChI is InChI=1S/C6H10.CHNO/c1-2-4-6-5-3-1;2-1-3/h1-2H,3-6H2;3H. The molecule has 0 heterocycles. The average molecular weight is 125 g/mol. The molecule has 2 nitrogen and oxygen atoms in total. The predicted octanol–water partition coefficient (Wildman–Crippen LogP) is 1.96. The van der Waals surface area contributed by atoms with Crippen molar-refractivity contribution in [3.8, 4) is 6.26 Å². The van der Waals surface area contributed by atoms with Crippen molar-refractivity contribution in [1.82, 2.24) is 0 Å². The van der Waals surface area contributed by atoms with Crippen molar-refractivity contribution in [3.63, 3.8) is 0 Å². The van der Waals surface area contributed by atoms with Crippen molar-refractivity contribution < 1.29 is 5.11 Å². The first-order valence-corrected chi connectivity index (χ1v) is 3.10. The maximum atomic E-state index is 6.88. The van der Waals surface area contributed by atoms with Crippen LogP contribution < -0.4 is 0 Å². The summed E-state index contributed by atoms with van der Waals surface area (Å²) >= 11 is 0. The Balaban J connectivity index is 0.000000187. The summed E-state index contributed by atoms with van der Waals surface area (Å²) in [6, 6.07) is 0. The van der Waals surface area contributed by atoms with Gasteiger partial charge >= 0.3 is 0 Å². The van der Waals surface area contributed by atoms with Gasteiger partial charge in [-0.15, -0.1) is 0 Å². The van der Waals surface area contributed by atoms with Gasteiger partial charge in [-0.2, -0.15) is 5.26 Å². The highest BCUT2D eigenvalue weighted by Crippen LogP contribution is 2.07. The van der Waals surface area contributed by atoms with Gasteiger partial charge in [0.05, 0.1) is 0 Å². The van der Waals surface area contributed by atoms with Crippen LogP contribution in [0, 0.1) is 11.5 Å². The molecule has 0 unspecified atom stereocenters. The molecule has 1 aliphatic rings. The molecule has 0 aromatic heterocycles. The Morgan fingerprint density at radius 1 is 1.22 bits per heavy atom. The van der Waals surface area contributed by atoms with E-state index < -0.39 is 0 Å². The molecule has 0 radical (unpaired) electrons. The zero-order chi connectivity index (χ0) is 6.95. The van der Waals surface area contributed by atoms with Gasteiger partial charge in [-0.25, -0.2) is 0 Å². The molecule has 2 heteroatoms. The molecule has 0 aromatic carbocycles. The van der Waals surface area contributed by atoms with Gasteiger partial charge in [-0.3, -0.25) is 0 Å². The molecule has 0 bridgehead atoms. The number of aliphatic hydroxyl groups excluding tert-OH is 1. The number of allylic oxidation sites excluding steroid dienone is 2. The van der Waals surface area contributed by atoms with E-state index in [2.05, 4.69) is 12.2 Å². The van der Waals surface area contributed by atoms with Crippen molar-refractivity contribution in [2.75, 3.05) is 0 Å². The van der Waals surface area contributed by atoms with Crippen molar-refractivity contribution in [2.45, 2.75) is 25.7 Å². The highest BCUT2D eigenvalue weighted by Gasteiger charge is 1.87. The molecule has 1 aliphatic carbocycles. The van der Waals surface area contributed by atoms with E-state index in [9.17, 15) is 0 Å². The minimum Gasteiger partial charge on any atom is -0.443 e. The molecule has 1 rings (SSSR count). The average Bonchev–Trinajstić information content (AvgIpc) is 1.93. The Bertz CT molecular complexity index is 105. The lowest BCUT2D eigenvalue weighted by Gasteiger charge is -1.97. The van der Waals surface area contributed by atoms with Gasteiger partial charge < -0.3 is 5.11 Å². The minimum absolute atomic E-state index is 0.750. The number of nitrogens with zero attached hydrogens (tertiary/aromatic N) is 1. The zero-order valence-electron chi connectivity index (χ0n) is 5.38. The summed E-state index contributed by atoms with van der Waals surface area (Å²) in [7, 11) is 0. The van der Waals surface area contributed by atoms with Crippen LogP contribution in [0.4, 0.5) is 0 Å². The topological polar surface area (TPSA) is 44.0 Å². The fraction of sp³-hybridized carbons (Fsp3) is 0.571. The van der Waals surface area contributed by atoms with Gasteiger partial charge in [0.25, 0.3) is 6.26 Å². The van der Waals surface area contributed by atoms with E-state index >= 15 is 0 Å². The largest absolute Gasteiger partial charge is 0.443 e. The predicted molar refractivity (Wildman–Crippen MR) is 35.2 cm³/mol. The molecule has 0 saturated carbocycles. The van der Waals surface area contributed by atoms with E-state index in [0.717, 1.165) is 6.26 Å². The van der Waals surface area contributed by atoms with E-state index in [1.807, 2.05) is 0 Å². The van der Waals surface area contributed by atoms with Crippen LogP contribution in [-0.2, 0) is 0 Å². The van der Waals surface area contributed by atoms with Crippen LogP contribution >= 0.6 is 0 Å². The molecule has 50 valence electrons. The van der Waals surface area contributed by atoms with Crippen molar-refractivity contribution >= 4 is 0 Å². The highest BCUT2D eigenvalue weighted by atomic mass is 16.2. The van der Waals surface area contributed by atoms with Crippen LogP contribution in [0.2, 0.25) is 0 Å². The molecule has 0 saturated heterocycles. The van der Waals surface area contributed by atoms with Gasteiger partial charge in [0.2, 0.25) is 0 Å². The molecule has 0 fully saturated rings. The molecule has 0 aromatic rings. The number of hydrogen-bond donors (Lipinski definition) is 1. The van der Waals surface area contributed by atoms with Gasteiger partial charge in [0.1, 0.15) is 0 Å². The van der Waals surface area contributed by atoms with Crippen molar-refractivity contribution in [3.05, 3.63) is 12.2 Å². The Kier molecular flexibility index (Phi) is 6.27. The summed E-state index contributed by atoms with van der Waals surface area (Å²) in [5, 5.41) is 13.8. The molecule has 9 heavy (non-hydrogen) atoms. The number of nitriles is 1. The van der Waals surface area contributed by atoms with E-state index in [0.29, 0.717) is 0 Å². The molecular formula is C7H11NO. The molecule has 0 atom stereocenters. The third-order valence-corrected chi connectivity index (χ3v) is 1.16. The second-order valence-corrected chi connectivity index (χ2v) is 1.86. The van der Waals surface area contributed by atoms with E-state index in [-0.39, 0.29) is 0 Å². The van der Waals surface area contributed by atoms with Crippen LogP contribution in [0.25, 0.3) is 0 Å². The summed E-state index contributed by atoms with van der Waals surface area (Å²) in [6.45, 7) is 0. The summed E-state index contributed by atoms with van der Waals surface area (Å²) in [5.74, 6) is 0.